The molecule has 0 aliphatic rings. The van der Waals surface area contributed by atoms with E-state index in [1.165, 1.54) is 6.07 Å². The molecular formula is C11H10O3S. The Morgan fingerprint density at radius 3 is 2.47 bits per heavy atom. The molecule has 0 heterocycles. The number of fused-ring (bicyclic) bond motifs is 1. The highest BCUT2D eigenvalue weighted by molar-refractivity contribution is 7.90. The van der Waals surface area contributed by atoms with Gasteiger partial charge in [-0.1, -0.05) is 24.3 Å². The number of hydrogen-bond acceptors (Lipinski definition) is 3. The summed E-state index contributed by atoms with van der Waals surface area (Å²) in [6, 6.07) is 9.94. The fourth-order valence-corrected chi connectivity index (χ4v) is 2.14. The highest BCUT2D eigenvalue weighted by atomic mass is 32.2. The van der Waals surface area contributed by atoms with E-state index < -0.39 is 9.84 Å². The second-order valence-electron chi connectivity index (χ2n) is 3.44. The van der Waals surface area contributed by atoms with E-state index >= 15 is 0 Å². The number of sulfone groups is 1. The third-order valence-corrected chi connectivity index (χ3v) is 3.33. The Kier molecular flexibility index (Phi) is 2.16. The van der Waals surface area contributed by atoms with Crippen molar-refractivity contribution in [3.05, 3.63) is 36.4 Å². The minimum atomic E-state index is -3.28. The van der Waals surface area contributed by atoms with E-state index in [2.05, 4.69) is 0 Å². The molecule has 0 spiro atoms. The Hall–Kier alpha value is -1.55. The monoisotopic (exact) mass is 222 g/mol. The predicted molar refractivity (Wildman–Crippen MR) is 58.7 cm³/mol. The van der Waals surface area contributed by atoms with Gasteiger partial charge in [0.25, 0.3) is 0 Å². The molecule has 0 saturated carbocycles. The standard InChI is InChI=1S/C11H10O3S/c1-15(13,14)9-6-8-4-2-3-5-10(8)11(12)7-9/h2-7,12H,1H3. The third kappa shape index (κ3) is 1.80. The molecule has 4 heteroatoms. The first kappa shape index (κ1) is 9.98. The topological polar surface area (TPSA) is 54.4 Å². The molecule has 0 fully saturated rings. The fraction of sp³-hybridized carbons (Fsp3) is 0.0909. The van der Waals surface area contributed by atoms with E-state index in [9.17, 15) is 13.5 Å². The average molecular weight is 222 g/mol. The molecule has 2 aromatic carbocycles. The first-order valence-electron chi connectivity index (χ1n) is 4.40. The molecule has 0 aromatic heterocycles. The van der Waals surface area contributed by atoms with Crippen LogP contribution in [0.1, 0.15) is 0 Å². The van der Waals surface area contributed by atoms with E-state index in [4.69, 9.17) is 0 Å². The number of benzene rings is 2. The molecule has 2 aromatic rings. The van der Waals surface area contributed by atoms with Crippen LogP contribution in [0.3, 0.4) is 0 Å². The van der Waals surface area contributed by atoms with Crippen molar-refractivity contribution in [2.24, 2.45) is 0 Å². The van der Waals surface area contributed by atoms with Crippen LogP contribution in [0.25, 0.3) is 10.8 Å². The number of rotatable bonds is 1. The molecule has 3 nitrogen and oxygen atoms in total. The van der Waals surface area contributed by atoms with Gasteiger partial charge in [-0.05, 0) is 17.5 Å². The van der Waals surface area contributed by atoms with Gasteiger partial charge in [0.2, 0.25) is 0 Å². The first-order valence-corrected chi connectivity index (χ1v) is 6.29. The van der Waals surface area contributed by atoms with Crippen molar-refractivity contribution in [1.29, 1.82) is 0 Å². The van der Waals surface area contributed by atoms with Gasteiger partial charge in [0.1, 0.15) is 5.75 Å². The van der Waals surface area contributed by atoms with Gasteiger partial charge in [0.15, 0.2) is 9.84 Å². The number of hydrogen-bond donors (Lipinski definition) is 1. The zero-order valence-electron chi connectivity index (χ0n) is 8.14. The maximum Gasteiger partial charge on any atom is 0.175 e. The summed E-state index contributed by atoms with van der Waals surface area (Å²) in [7, 11) is -3.28. The normalized spacial score (nSPS) is 11.8. The minimum Gasteiger partial charge on any atom is -0.507 e. The van der Waals surface area contributed by atoms with Crippen molar-refractivity contribution in [1.82, 2.24) is 0 Å². The molecule has 0 bridgehead atoms. The zero-order valence-corrected chi connectivity index (χ0v) is 8.95. The van der Waals surface area contributed by atoms with Crippen molar-refractivity contribution in [2.45, 2.75) is 4.90 Å². The maximum absolute atomic E-state index is 11.3. The van der Waals surface area contributed by atoms with Gasteiger partial charge in [-0.3, -0.25) is 0 Å². The molecule has 0 unspecified atom stereocenters. The van der Waals surface area contributed by atoms with Crippen molar-refractivity contribution in [2.75, 3.05) is 6.26 Å². The number of phenols is 1. The molecule has 0 aliphatic carbocycles. The lowest BCUT2D eigenvalue weighted by molar-refractivity contribution is 0.479. The molecule has 0 amide bonds. The molecule has 1 N–H and O–H groups in total. The summed E-state index contributed by atoms with van der Waals surface area (Å²) in [5.41, 5.74) is 0. The van der Waals surface area contributed by atoms with Gasteiger partial charge in [-0.15, -0.1) is 0 Å². The molecule has 2 rings (SSSR count). The Morgan fingerprint density at radius 1 is 1.13 bits per heavy atom. The molecule has 78 valence electrons. The summed E-state index contributed by atoms with van der Waals surface area (Å²) in [5.74, 6) is -0.00600. The average Bonchev–Trinajstić information content (AvgIpc) is 2.16. The van der Waals surface area contributed by atoms with E-state index in [0.29, 0.717) is 5.39 Å². The first-order chi connectivity index (χ1) is 6.98. The molecular weight excluding hydrogens is 212 g/mol. The second-order valence-corrected chi connectivity index (χ2v) is 5.45. The highest BCUT2D eigenvalue weighted by Crippen LogP contribution is 2.28. The van der Waals surface area contributed by atoms with Gasteiger partial charge in [0.05, 0.1) is 4.90 Å². The smallest absolute Gasteiger partial charge is 0.175 e. The molecule has 0 aliphatic heterocycles. The third-order valence-electron chi connectivity index (χ3n) is 2.24. The van der Waals surface area contributed by atoms with Crippen LogP contribution in [0.2, 0.25) is 0 Å². The Labute approximate surface area is 87.9 Å². The van der Waals surface area contributed by atoms with Crippen LogP contribution in [0.4, 0.5) is 0 Å². The lowest BCUT2D eigenvalue weighted by atomic mass is 10.1. The van der Waals surface area contributed by atoms with Crippen LogP contribution < -0.4 is 0 Å². The summed E-state index contributed by atoms with van der Waals surface area (Å²) in [6.07, 6.45) is 1.12. The van der Waals surface area contributed by atoms with Crippen molar-refractivity contribution >= 4 is 20.6 Å². The number of phenolic OH excluding ortho intramolecular Hbond substituents is 1. The summed E-state index contributed by atoms with van der Waals surface area (Å²) in [4.78, 5) is 0.138. The van der Waals surface area contributed by atoms with Crippen LogP contribution in [0.5, 0.6) is 5.75 Å². The summed E-state index contributed by atoms with van der Waals surface area (Å²) < 4.78 is 22.6. The maximum atomic E-state index is 11.3. The minimum absolute atomic E-state index is 0.00600. The molecule has 0 atom stereocenters. The largest absolute Gasteiger partial charge is 0.507 e. The van der Waals surface area contributed by atoms with Crippen molar-refractivity contribution < 1.29 is 13.5 Å². The van der Waals surface area contributed by atoms with E-state index in [0.717, 1.165) is 11.6 Å². The van der Waals surface area contributed by atoms with Crippen LogP contribution in [0.15, 0.2) is 41.3 Å². The summed E-state index contributed by atoms with van der Waals surface area (Å²) in [6.45, 7) is 0. The van der Waals surface area contributed by atoms with Gasteiger partial charge >= 0.3 is 0 Å². The van der Waals surface area contributed by atoms with Crippen molar-refractivity contribution in [3.63, 3.8) is 0 Å². The van der Waals surface area contributed by atoms with Gasteiger partial charge in [0, 0.05) is 11.6 Å². The van der Waals surface area contributed by atoms with Gasteiger partial charge in [-0.2, -0.15) is 0 Å². The Balaban J connectivity index is 2.85. The van der Waals surface area contributed by atoms with Crippen LogP contribution in [-0.2, 0) is 9.84 Å². The van der Waals surface area contributed by atoms with E-state index in [1.807, 2.05) is 0 Å². The predicted octanol–water partition coefficient (Wildman–Crippen LogP) is 1.95. The highest BCUT2D eigenvalue weighted by Gasteiger charge is 2.10. The van der Waals surface area contributed by atoms with Crippen LogP contribution in [-0.4, -0.2) is 19.8 Å². The van der Waals surface area contributed by atoms with E-state index in [1.54, 1.807) is 30.3 Å². The van der Waals surface area contributed by atoms with Crippen molar-refractivity contribution in [3.8, 4) is 5.75 Å². The fourth-order valence-electron chi connectivity index (χ4n) is 1.48. The lowest BCUT2D eigenvalue weighted by Crippen LogP contribution is -1.96. The zero-order chi connectivity index (χ0) is 11.1. The van der Waals surface area contributed by atoms with Crippen LogP contribution >= 0.6 is 0 Å². The summed E-state index contributed by atoms with van der Waals surface area (Å²) in [5, 5.41) is 11.0. The Morgan fingerprint density at radius 2 is 1.80 bits per heavy atom. The van der Waals surface area contributed by atoms with E-state index in [-0.39, 0.29) is 10.6 Å². The lowest BCUT2D eigenvalue weighted by Gasteiger charge is -2.04. The SMILES string of the molecule is CS(=O)(=O)c1cc(O)c2ccccc2c1. The molecule has 0 radical (unpaired) electrons. The second kappa shape index (κ2) is 3.24. The quantitative estimate of drug-likeness (QED) is 0.802. The van der Waals surface area contributed by atoms with Gasteiger partial charge < -0.3 is 5.11 Å². The van der Waals surface area contributed by atoms with Crippen LogP contribution in [0, 0.1) is 0 Å². The Bertz CT molecular complexity index is 615. The molecule has 15 heavy (non-hydrogen) atoms. The number of aromatic hydroxyl groups is 1. The van der Waals surface area contributed by atoms with Gasteiger partial charge in [-0.25, -0.2) is 8.42 Å². The summed E-state index contributed by atoms with van der Waals surface area (Å²) >= 11 is 0. The molecule has 0 saturated heterocycles.